The molecule has 7 heteroatoms. The van der Waals surface area contributed by atoms with Crippen LogP contribution in [0, 0.1) is 12.3 Å². The van der Waals surface area contributed by atoms with Crippen LogP contribution in [0.2, 0.25) is 0 Å². The molecule has 21 heavy (non-hydrogen) atoms. The summed E-state index contributed by atoms with van der Waals surface area (Å²) < 4.78 is 0. The number of rotatable bonds is 7. The van der Waals surface area contributed by atoms with E-state index in [1.165, 1.54) is 12.8 Å². The molecular formula is C14H21N3O3S. The van der Waals surface area contributed by atoms with Crippen molar-refractivity contribution >= 4 is 23.3 Å². The first kappa shape index (κ1) is 15.8. The predicted octanol–water partition coefficient (Wildman–Crippen LogP) is 2.53. The van der Waals surface area contributed by atoms with Gasteiger partial charge >= 0.3 is 12.0 Å². The van der Waals surface area contributed by atoms with E-state index in [9.17, 15) is 9.59 Å². The Morgan fingerprint density at radius 1 is 1.38 bits per heavy atom. The number of carbonyl (C=O) groups excluding carboxylic acids is 1. The molecule has 0 aliphatic heterocycles. The minimum atomic E-state index is -0.976. The third-order valence-corrected chi connectivity index (χ3v) is 4.94. The van der Waals surface area contributed by atoms with Crippen molar-refractivity contribution in [3.63, 3.8) is 0 Å². The molecule has 1 aliphatic rings. The van der Waals surface area contributed by atoms with Crippen molar-refractivity contribution in [2.24, 2.45) is 5.41 Å². The molecule has 2 rings (SSSR count). The van der Waals surface area contributed by atoms with Crippen molar-refractivity contribution in [1.29, 1.82) is 0 Å². The molecule has 1 aliphatic carbocycles. The maximum Gasteiger partial charge on any atom is 0.347 e. The lowest BCUT2D eigenvalue weighted by Gasteiger charge is -2.15. The van der Waals surface area contributed by atoms with Crippen LogP contribution in [0.5, 0.6) is 0 Å². The van der Waals surface area contributed by atoms with E-state index >= 15 is 0 Å². The first-order chi connectivity index (χ1) is 9.96. The Bertz CT molecular complexity index is 538. The van der Waals surface area contributed by atoms with Gasteiger partial charge in [0.1, 0.15) is 9.88 Å². The van der Waals surface area contributed by atoms with Crippen LogP contribution in [0.25, 0.3) is 0 Å². The molecule has 0 spiro atoms. The van der Waals surface area contributed by atoms with Crippen LogP contribution in [0.3, 0.4) is 0 Å². The molecule has 1 saturated carbocycles. The summed E-state index contributed by atoms with van der Waals surface area (Å²) in [6.45, 7) is 4.78. The Kier molecular flexibility index (Phi) is 4.82. The molecule has 0 saturated heterocycles. The molecule has 3 N–H and O–H groups in total. The van der Waals surface area contributed by atoms with Gasteiger partial charge in [0.2, 0.25) is 0 Å². The smallest absolute Gasteiger partial charge is 0.347 e. The summed E-state index contributed by atoms with van der Waals surface area (Å²) in [5, 5.41) is 15.2. The Balaban J connectivity index is 1.76. The first-order valence-electron chi connectivity index (χ1n) is 7.17. The Labute approximate surface area is 128 Å². The molecule has 1 aromatic heterocycles. The molecule has 0 atom stereocenters. The lowest BCUT2D eigenvalue weighted by atomic mass is 10.0. The SMILES string of the molecule is CCCC1(CNC(=O)NCc2nc(C)c(C(=O)O)s2)CC1. The van der Waals surface area contributed by atoms with Crippen LogP contribution in [0.4, 0.5) is 4.79 Å². The van der Waals surface area contributed by atoms with Gasteiger partial charge in [0.25, 0.3) is 0 Å². The molecule has 0 unspecified atom stereocenters. The number of aromatic nitrogens is 1. The van der Waals surface area contributed by atoms with E-state index in [-0.39, 0.29) is 17.5 Å². The molecule has 1 fully saturated rings. The van der Waals surface area contributed by atoms with E-state index in [1.54, 1.807) is 6.92 Å². The van der Waals surface area contributed by atoms with Gasteiger partial charge < -0.3 is 15.7 Å². The summed E-state index contributed by atoms with van der Waals surface area (Å²) in [6, 6.07) is -0.220. The van der Waals surface area contributed by atoms with E-state index in [0.717, 1.165) is 24.2 Å². The fourth-order valence-electron chi connectivity index (χ4n) is 2.43. The lowest BCUT2D eigenvalue weighted by molar-refractivity contribution is 0.0701. The second-order valence-electron chi connectivity index (χ2n) is 5.61. The van der Waals surface area contributed by atoms with Crippen LogP contribution in [0.1, 0.15) is 53.0 Å². The number of nitrogens with one attached hydrogen (secondary N) is 2. The predicted molar refractivity (Wildman–Crippen MR) is 80.6 cm³/mol. The lowest BCUT2D eigenvalue weighted by Crippen LogP contribution is -2.38. The highest BCUT2D eigenvalue weighted by Gasteiger charge is 2.41. The van der Waals surface area contributed by atoms with Crippen LogP contribution in [-0.4, -0.2) is 28.6 Å². The summed E-state index contributed by atoms with van der Waals surface area (Å²) in [5.74, 6) is -0.976. The van der Waals surface area contributed by atoms with E-state index in [0.29, 0.717) is 22.7 Å². The number of hydrogen-bond donors (Lipinski definition) is 3. The van der Waals surface area contributed by atoms with Gasteiger partial charge in [-0.15, -0.1) is 11.3 Å². The van der Waals surface area contributed by atoms with Gasteiger partial charge in [0.15, 0.2) is 0 Å². The van der Waals surface area contributed by atoms with Gasteiger partial charge in [-0.2, -0.15) is 0 Å². The number of aromatic carboxylic acids is 1. The molecule has 1 aromatic rings. The number of urea groups is 1. The summed E-state index contributed by atoms with van der Waals surface area (Å²) >= 11 is 1.10. The number of aryl methyl sites for hydroxylation is 1. The summed E-state index contributed by atoms with van der Waals surface area (Å²) in [5.41, 5.74) is 0.810. The fraction of sp³-hybridized carbons (Fsp3) is 0.643. The highest BCUT2D eigenvalue weighted by atomic mass is 32.1. The number of hydrogen-bond acceptors (Lipinski definition) is 4. The average molecular weight is 311 g/mol. The van der Waals surface area contributed by atoms with Gasteiger partial charge in [-0.3, -0.25) is 0 Å². The highest BCUT2D eigenvalue weighted by Crippen LogP contribution is 2.48. The molecular weight excluding hydrogens is 290 g/mol. The number of nitrogens with zero attached hydrogens (tertiary/aromatic N) is 1. The van der Waals surface area contributed by atoms with E-state index in [4.69, 9.17) is 5.11 Å². The standard InChI is InChI=1S/C14H21N3O3S/c1-3-4-14(5-6-14)8-16-13(20)15-7-10-17-9(2)11(21-10)12(18)19/h3-8H2,1-2H3,(H,18,19)(H2,15,16,20). The normalized spacial score (nSPS) is 15.5. The van der Waals surface area contributed by atoms with E-state index in [1.807, 2.05) is 0 Å². The van der Waals surface area contributed by atoms with Crippen molar-refractivity contribution in [2.45, 2.75) is 46.1 Å². The van der Waals surface area contributed by atoms with Gasteiger partial charge in [0, 0.05) is 6.54 Å². The van der Waals surface area contributed by atoms with Gasteiger partial charge in [-0.05, 0) is 31.6 Å². The quantitative estimate of drug-likeness (QED) is 0.721. The highest BCUT2D eigenvalue weighted by molar-refractivity contribution is 7.13. The number of amides is 2. The Morgan fingerprint density at radius 2 is 2.10 bits per heavy atom. The number of thiazole rings is 1. The third-order valence-electron chi connectivity index (χ3n) is 3.80. The summed E-state index contributed by atoms with van der Waals surface area (Å²) in [4.78, 5) is 27.1. The summed E-state index contributed by atoms with van der Waals surface area (Å²) in [6.07, 6.45) is 4.67. The first-order valence-corrected chi connectivity index (χ1v) is 7.99. The second kappa shape index (κ2) is 6.43. The van der Waals surface area contributed by atoms with Crippen molar-refractivity contribution in [3.05, 3.63) is 15.6 Å². The average Bonchev–Trinajstić information content (AvgIpc) is 3.09. The number of carboxylic acid groups (broad SMARTS) is 1. The van der Waals surface area contributed by atoms with Crippen molar-refractivity contribution < 1.29 is 14.7 Å². The topological polar surface area (TPSA) is 91.3 Å². The zero-order chi connectivity index (χ0) is 15.5. The minimum Gasteiger partial charge on any atom is -0.477 e. The molecule has 1 heterocycles. The van der Waals surface area contributed by atoms with Crippen molar-refractivity contribution in [3.8, 4) is 0 Å². The molecule has 0 radical (unpaired) electrons. The Hall–Kier alpha value is -1.63. The van der Waals surface area contributed by atoms with E-state index < -0.39 is 5.97 Å². The van der Waals surface area contributed by atoms with Gasteiger partial charge in [0.05, 0.1) is 12.2 Å². The molecule has 2 amide bonds. The summed E-state index contributed by atoms with van der Waals surface area (Å²) in [7, 11) is 0. The van der Waals surface area contributed by atoms with Crippen LogP contribution in [0.15, 0.2) is 0 Å². The maximum atomic E-state index is 11.8. The van der Waals surface area contributed by atoms with Crippen LogP contribution < -0.4 is 10.6 Å². The van der Waals surface area contributed by atoms with Crippen LogP contribution >= 0.6 is 11.3 Å². The van der Waals surface area contributed by atoms with Gasteiger partial charge in [-0.25, -0.2) is 14.6 Å². The maximum absolute atomic E-state index is 11.8. The van der Waals surface area contributed by atoms with Crippen molar-refractivity contribution in [2.75, 3.05) is 6.54 Å². The zero-order valence-electron chi connectivity index (χ0n) is 12.4. The molecule has 0 bridgehead atoms. The number of carboxylic acids is 1. The van der Waals surface area contributed by atoms with Gasteiger partial charge in [-0.1, -0.05) is 13.3 Å². The molecule has 116 valence electrons. The minimum absolute atomic E-state index is 0.220. The zero-order valence-corrected chi connectivity index (χ0v) is 13.2. The van der Waals surface area contributed by atoms with E-state index in [2.05, 4.69) is 22.5 Å². The van der Waals surface area contributed by atoms with Crippen LogP contribution in [-0.2, 0) is 6.54 Å². The second-order valence-corrected chi connectivity index (χ2v) is 6.70. The Morgan fingerprint density at radius 3 is 2.62 bits per heavy atom. The fourth-order valence-corrected chi connectivity index (χ4v) is 3.28. The monoisotopic (exact) mass is 311 g/mol. The molecule has 6 nitrogen and oxygen atoms in total. The van der Waals surface area contributed by atoms with Crippen molar-refractivity contribution in [1.82, 2.24) is 15.6 Å². The molecule has 0 aromatic carbocycles. The third kappa shape index (κ3) is 4.17. The number of carbonyl (C=O) groups is 2. The largest absolute Gasteiger partial charge is 0.477 e.